The minimum atomic E-state index is -0.974. The van der Waals surface area contributed by atoms with Crippen LogP contribution in [-0.2, 0) is 0 Å². The molecule has 34 heavy (non-hydrogen) atoms. The van der Waals surface area contributed by atoms with Gasteiger partial charge in [-0.1, -0.05) is 5.21 Å². The normalized spacial score (nSPS) is 17.9. The second-order valence-electron chi connectivity index (χ2n) is 8.32. The van der Waals surface area contributed by atoms with Crippen molar-refractivity contribution in [2.45, 2.75) is 37.8 Å². The summed E-state index contributed by atoms with van der Waals surface area (Å²) in [6.07, 6.45) is 7.48. The molecule has 1 aliphatic rings. The first-order valence-electron chi connectivity index (χ1n) is 11.0. The van der Waals surface area contributed by atoms with E-state index in [0.29, 0.717) is 11.3 Å². The van der Waals surface area contributed by atoms with Gasteiger partial charge in [0.1, 0.15) is 11.8 Å². The maximum atomic E-state index is 10.9. The van der Waals surface area contributed by atoms with E-state index in [2.05, 4.69) is 37.1 Å². The Morgan fingerprint density at radius 2 is 2.00 bits per heavy atom. The summed E-state index contributed by atoms with van der Waals surface area (Å²) in [5.74, 6) is 0. The lowest BCUT2D eigenvalue weighted by Gasteiger charge is -2.28. The van der Waals surface area contributed by atoms with Crippen molar-refractivity contribution in [1.29, 1.82) is 5.26 Å². The third kappa shape index (κ3) is 4.01. The zero-order valence-corrected chi connectivity index (χ0v) is 18.5. The molecule has 5 rings (SSSR count). The molecule has 0 atom stereocenters. The molecule has 11 heteroatoms. The van der Waals surface area contributed by atoms with Crippen molar-refractivity contribution in [3.8, 4) is 28.7 Å². The first-order chi connectivity index (χ1) is 16.6. The molecule has 1 saturated carbocycles. The average Bonchev–Trinajstić information content (AvgIpc) is 3.51. The van der Waals surface area contributed by atoms with Crippen LogP contribution in [0.15, 0.2) is 42.9 Å². The summed E-state index contributed by atoms with van der Waals surface area (Å²) in [6, 6.07) is 9.85. The summed E-state index contributed by atoms with van der Waals surface area (Å²) in [5.41, 5.74) is 5.29. The van der Waals surface area contributed by atoms with E-state index < -0.39 is 6.09 Å². The quantitative estimate of drug-likeness (QED) is 0.414. The van der Waals surface area contributed by atoms with Gasteiger partial charge in [-0.3, -0.25) is 4.98 Å². The fourth-order valence-corrected chi connectivity index (χ4v) is 4.50. The van der Waals surface area contributed by atoms with Gasteiger partial charge in [-0.15, -0.1) is 5.10 Å². The smallest absolute Gasteiger partial charge is 0.404 e. The summed E-state index contributed by atoms with van der Waals surface area (Å²) in [6.45, 7) is 0. The van der Waals surface area contributed by atoms with Crippen LogP contribution in [-0.4, -0.2) is 53.9 Å². The molecule has 172 valence electrons. The van der Waals surface area contributed by atoms with Gasteiger partial charge in [-0.05, 0) is 49.9 Å². The van der Waals surface area contributed by atoms with Gasteiger partial charge < -0.3 is 15.7 Å². The largest absolute Gasteiger partial charge is 0.465 e. The lowest BCUT2D eigenvalue weighted by molar-refractivity contribution is 0.181. The lowest BCUT2D eigenvalue weighted by Crippen LogP contribution is -2.37. The van der Waals surface area contributed by atoms with Crippen LogP contribution in [0.2, 0.25) is 0 Å². The average molecular weight is 457 g/mol. The van der Waals surface area contributed by atoms with E-state index in [1.165, 1.54) is 6.20 Å². The van der Waals surface area contributed by atoms with Gasteiger partial charge in [-0.25, -0.2) is 14.0 Å². The van der Waals surface area contributed by atoms with Gasteiger partial charge in [0.05, 0.1) is 40.9 Å². The van der Waals surface area contributed by atoms with E-state index in [-0.39, 0.29) is 12.1 Å². The van der Waals surface area contributed by atoms with Crippen molar-refractivity contribution in [2.75, 3.05) is 12.4 Å². The Morgan fingerprint density at radius 1 is 1.18 bits per heavy atom. The number of anilines is 1. The molecule has 0 saturated heterocycles. The molecule has 1 aliphatic carbocycles. The second-order valence-corrected chi connectivity index (χ2v) is 8.32. The van der Waals surface area contributed by atoms with Gasteiger partial charge in [-0.2, -0.15) is 10.4 Å². The third-order valence-corrected chi connectivity index (χ3v) is 6.25. The number of nitriles is 1. The first kappa shape index (κ1) is 21.4. The Bertz CT molecular complexity index is 1390. The highest BCUT2D eigenvalue weighted by Gasteiger charge is 2.25. The molecule has 0 radical (unpaired) electrons. The number of hydrogen-bond donors (Lipinski definition) is 3. The first-order valence-corrected chi connectivity index (χ1v) is 11.0. The third-order valence-electron chi connectivity index (χ3n) is 6.25. The molecule has 11 nitrogen and oxygen atoms in total. The molecule has 4 heterocycles. The summed E-state index contributed by atoms with van der Waals surface area (Å²) in [5, 5.41) is 36.9. The summed E-state index contributed by atoms with van der Waals surface area (Å²) in [4.78, 5) is 15.5. The van der Waals surface area contributed by atoms with Crippen LogP contribution < -0.4 is 10.6 Å². The molecule has 1 amide bonds. The van der Waals surface area contributed by atoms with Gasteiger partial charge in [0.2, 0.25) is 0 Å². The highest BCUT2D eigenvalue weighted by molar-refractivity contribution is 5.78. The maximum Gasteiger partial charge on any atom is 0.404 e. The zero-order chi connectivity index (χ0) is 23.7. The molecule has 1 fully saturated rings. The molecule has 0 aliphatic heterocycles. The Balaban J connectivity index is 1.38. The van der Waals surface area contributed by atoms with Crippen LogP contribution in [0.1, 0.15) is 37.3 Å². The van der Waals surface area contributed by atoms with E-state index in [4.69, 9.17) is 10.4 Å². The van der Waals surface area contributed by atoms with E-state index >= 15 is 0 Å². The standard InChI is InChI=1S/C23H23N9O2/c1-25-19-9-20(22-7-6-17-8-14(10-24)11-27-32(17)22)26-12-18(19)21-13-31(30-29-21)16-4-2-15(3-5-16)28-23(33)34/h6-9,11-13,15-16,28H,2-5H2,1H3,(H,25,26)(H,33,34)/t15-,16-. The number of nitrogens with one attached hydrogen (secondary N) is 2. The number of carbonyl (C=O) groups is 1. The fraction of sp³-hybridized carbons (Fsp3) is 0.304. The van der Waals surface area contributed by atoms with Gasteiger partial charge in [0.25, 0.3) is 0 Å². The van der Waals surface area contributed by atoms with E-state index in [1.54, 1.807) is 16.8 Å². The topological polar surface area (TPSA) is 146 Å². The lowest BCUT2D eigenvalue weighted by atomic mass is 9.91. The van der Waals surface area contributed by atoms with Gasteiger partial charge in [0.15, 0.2) is 0 Å². The van der Waals surface area contributed by atoms with Gasteiger partial charge in [0, 0.05) is 30.5 Å². The molecular formula is C23H23N9O2. The molecule has 4 aromatic heterocycles. The Labute approximate surface area is 195 Å². The predicted octanol–water partition coefficient (Wildman–Crippen LogP) is 3.32. The van der Waals surface area contributed by atoms with Gasteiger partial charge >= 0.3 is 6.09 Å². The number of carboxylic acid groups (broad SMARTS) is 1. The minimum Gasteiger partial charge on any atom is -0.465 e. The van der Waals surface area contributed by atoms with Crippen molar-refractivity contribution in [3.05, 3.63) is 48.4 Å². The Hall–Kier alpha value is -4.46. The van der Waals surface area contributed by atoms with E-state index in [9.17, 15) is 4.79 Å². The van der Waals surface area contributed by atoms with Crippen molar-refractivity contribution in [2.24, 2.45) is 0 Å². The van der Waals surface area contributed by atoms with Crippen molar-refractivity contribution in [3.63, 3.8) is 0 Å². The number of nitrogens with zero attached hydrogens (tertiary/aromatic N) is 7. The fourth-order valence-electron chi connectivity index (χ4n) is 4.50. The number of fused-ring (bicyclic) bond motifs is 1. The van der Waals surface area contributed by atoms with E-state index in [1.807, 2.05) is 36.1 Å². The van der Waals surface area contributed by atoms with Crippen molar-refractivity contribution < 1.29 is 9.90 Å². The maximum absolute atomic E-state index is 10.9. The van der Waals surface area contributed by atoms with Crippen molar-refractivity contribution >= 4 is 17.3 Å². The molecular weight excluding hydrogens is 434 g/mol. The molecule has 0 unspecified atom stereocenters. The molecule has 0 spiro atoms. The minimum absolute atomic E-state index is 0.00417. The molecule has 0 bridgehead atoms. The summed E-state index contributed by atoms with van der Waals surface area (Å²) >= 11 is 0. The van der Waals surface area contributed by atoms with Crippen LogP contribution >= 0.6 is 0 Å². The molecule has 4 aromatic rings. The monoisotopic (exact) mass is 457 g/mol. The van der Waals surface area contributed by atoms with Crippen LogP contribution in [0.25, 0.3) is 28.2 Å². The highest BCUT2D eigenvalue weighted by Crippen LogP contribution is 2.32. The van der Waals surface area contributed by atoms with Crippen LogP contribution in [0.3, 0.4) is 0 Å². The van der Waals surface area contributed by atoms with E-state index in [0.717, 1.165) is 53.8 Å². The number of pyridine rings is 1. The molecule has 3 N–H and O–H groups in total. The van der Waals surface area contributed by atoms with Crippen LogP contribution in [0.4, 0.5) is 10.5 Å². The number of aromatic nitrogens is 6. The highest BCUT2D eigenvalue weighted by atomic mass is 16.4. The van der Waals surface area contributed by atoms with Crippen molar-refractivity contribution in [1.82, 2.24) is 34.9 Å². The number of hydrogen-bond acceptors (Lipinski definition) is 7. The molecule has 0 aromatic carbocycles. The van der Waals surface area contributed by atoms with Crippen LogP contribution in [0.5, 0.6) is 0 Å². The number of amides is 1. The van der Waals surface area contributed by atoms with Crippen LogP contribution in [0, 0.1) is 11.3 Å². The predicted molar refractivity (Wildman–Crippen MR) is 124 cm³/mol. The Morgan fingerprint density at radius 3 is 2.74 bits per heavy atom. The number of rotatable bonds is 5. The second kappa shape index (κ2) is 8.82. The Kier molecular flexibility index (Phi) is 5.55. The summed E-state index contributed by atoms with van der Waals surface area (Å²) < 4.78 is 3.63. The summed E-state index contributed by atoms with van der Waals surface area (Å²) in [7, 11) is 1.84. The zero-order valence-electron chi connectivity index (χ0n) is 18.5. The SMILES string of the molecule is CNc1cc(-c2ccc3cc(C#N)cnn23)ncc1-c1cn([C@H]2CC[C@H](NC(=O)O)CC2)nn1.